The van der Waals surface area contributed by atoms with Crippen molar-refractivity contribution in [3.8, 4) is 5.75 Å². The zero-order valence-electron chi connectivity index (χ0n) is 13.7. The topological polar surface area (TPSA) is 51.2 Å². The Bertz CT molecular complexity index is 938. The number of aromatic nitrogens is 1. The van der Waals surface area contributed by atoms with E-state index in [-0.39, 0.29) is 11.1 Å². The number of carbonyl (C=O) groups is 1. The number of aryl methyl sites for hydroxylation is 2. The number of hydrogen-bond donors (Lipinski definition) is 1. The Balaban J connectivity index is 2.02. The van der Waals surface area contributed by atoms with E-state index < -0.39 is 0 Å². The van der Waals surface area contributed by atoms with E-state index in [1.807, 2.05) is 38.1 Å². The summed E-state index contributed by atoms with van der Waals surface area (Å²) in [6.45, 7) is 3.99. The standard InChI is InChI=1S/C19H17ClN2O2/c1-11-8-12(2)17-13(9-11)10-14(18(20)22-17)19(23)21-15-6-4-5-7-16(15)24-3/h4-10H,1-3H3,(H,21,23). The monoisotopic (exact) mass is 340 g/mol. The molecule has 0 bridgehead atoms. The zero-order valence-corrected chi connectivity index (χ0v) is 14.4. The first-order chi connectivity index (χ1) is 11.5. The first-order valence-corrected chi connectivity index (χ1v) is 7.89. The van der Waals surface area contributed by atoms with E-state index in [0.29, 0.717) is 17.0 Å². The van der Waals surface area contributed by atoms with Gasteiger partial charge in [0.15, 0.2) is 0 Å². The van der Waals surface area contributed by atoms with Gasteiger partial charge in [-0.1, -0.05) is 35.4 Å². The van der Waals surface area contributed by atoms with Gasteiger partial charge in [0.05, 0.1) is 23.9 Å². The van der Waals surface area contributed by atoms with Crippen LogP contribution in [0.2, 0.25) is 5.15 Å². The second-order valence-electron chi connectivity index (χ2n) is 5.63. The number of benzene rings is 2. The molecular formula is C19H17ClN2O2. The lowest BCUT2D eigenvalue weighted by molar-refractivity contribution is 0.102. The third kappa shape index (κ3) is 3.05. The number of para-hydroxylation sites is 2. The van der Waals surface area contributed by atoms with E-state index in [2.05, 4.69) is 10.3 Å². The molecule has 24 heavy (non-hydrogen) atoms. The number of methoxy groups -OCH3 is 1. The highest BCUT2D eigenvalue weighted by Crippen LogP contribution is 2.27. The summed E-state index contributed by atoms with van der Waals surface area (Å²) in [6.07, 6.45) is 0. The van der Waals surface area contributed by atoms with Gasteiger partial charge in [0.25, 0.3) is 5.91 Å². The van der Waals surface area contributed by atoms with Crippen molar-refractivity contribution >= 4 is 34.1 Å². The molecule has 0 radical (unpaired) electrons. The molecule has 1 aromatic heterocycles. The number of halogens is 1. The molecule has 0 aliphatic rings. The zero-order chi connectivity index (χ0) is 17.3. The Kier molecular flexibility index (Phi) is 4.40. The van der Waals surface area contributed by atoms with Crippen molar-refractivity contribution in [1.29, 1.82) is 0 Å². The number of nitrogens with one attached hydrogen (secondary N) is 1. The van der Waals surface area contributed by atoms with Crippen molar-refractivity contribution in [3.05, 3.63) is 64.3 Å². The first-order valence-electron chi connectivity index (χ1n) is 7.51. The van der Waals surface area contributed by atoms with E-state index in [0.717, 1.165) is 22.0 Å². The van der Waals surface area contributed by atoms with Crippen LogP contribution >= 0.6 is 11.6 Å². The van der Waals surface area contributed by atoms with Gasteiger partial charge in [0.2, 0.25) is 0 Å². The molecule has 4 nitrogen and oxygen atoms in total. The smallest absolute Gasteiger partial charge is 0.258 e. The summed E-state index contributed by atoms with van der Waals surface area (Å²) in [7, 11) is 1.56. The second kappa shape index (κ2) is 6.49. The van der Waals surface area contributed by atoms with Gasteiger partial charge in [-0.3, -0.25) is 4.79 Å². The van der Waals surface area contributed by atoms with Crippen LogP contribution in [0.5, 0.6) is 5.75 Å². The molecule has 0 unspecified atom stereocenters. The van der Waals surface area contributed by atoms with Gasteiger partial charge in [0.1, 0.15) is 10.9 Å². The normalized spacial score (nSPS) is 10.7. The number of pyridine rings is 1. The summed E-state index contributed by atoms with van der Waals surface area (Å²) in [5.41, 5.74) is 3.87. The number of ether oxygens (including phenoxy) is 1. The lowest BCUT2D eigenvalue weighted by atomic mass is 10.1. The number of nitrogens with zero attached hydrogens (tertiary/aromatic N) is 1. The molecule has 0 saturated carbocycles. The van der Waals surface area contributed by atoms with Crippen molar-refractivity contribution in [2.45, 2.75) is 13.8 Å². The van der Waals surface area contributed by atoms with Crippen molar-refractivity contribution in [3.63, 3.8) is 0 Å². The number of fused-ring (bicyclic) bond motifs is 1. The molecule has 3 aromatic rings. The molecule has 3 rings (SSSR count). The lowest BCUT2D eigenvalue weighted by Crippen LogP contribution is -2.14. The number of carbonyl (C=O) groups excluding carboxylic acids is 1. The van der Waals surface area contributed by atoms with Gasteiger partial charge in [-0.2, -0.15) is 0 Å². The number of rotatable bonds is 3. The van der Waals surface area contributed by atoms with Crippen LogP contribution in [0, 0.1) is 13.8 Å². The summed E-state index contributed by atoms with van der Waals surface area (Å²) in [6, 6.07) is 13.0. The summed E-state index contributed by atoms with van der Waals surface area (Å²) in [4.78, 5) is 17.0. The second-order valence-corrected chi connectivity index (χ2v) is 5.99. The number of amides is 1. The van der Waals surface area contributed by atoms with Crippen LogP contribution in [0.25, 0.3) is 10.9 Å². The third-order valence-corrected chi connectivity index (χ3v) is 4.09. The van der Waals surface area contributed by atoms with Crippen molar-refractivity contribution in [2.75, 3.05) is 12.4 Å². The van der Waals surface area contributed by atoms with Gasteiger partial charge < -0.3 is 10.1 Å². The molecule has 0 fully saturated rings. The number of anilines is 1. The molecular weight excluding hydrogens is 324 g/mol. The molecule has 1 N–H and O–H groups in total. The maximum absolute atomic E-state index is 12.6. The predicted octanol–water partition coefficient (Wildman–Crippen LogP) is 4.77. The van der Waals surface area contributed by atoms with Crippen LogP contribution in [0.3, 0.4) is 0 Å². The van der Waals surface area contributed by atoms with Crippen LogP contribution < -0.4 is 10.1 Å². The van der Waals surface area contributed by atoms with Gasteiger partial charge in [-0.15, -0.1) is 0 Å². The molecule has 1 amide bonds. The van der Waals surface area contributed by atoms with E-state index >= 15 is 0 Å². The van der Waals surface area contributed by atoms with Crippen LogP contribution in [0.1, 0.15) is 21.5 Å². The summed E-state index contributed by atoms with van der Waals surface area (Å²) in [5.74, 6) is 0.264. The Morgan fingerprint density at radius 2 is 1.92 bits per heavy atom. The Labute approximate surface area is 145 Å². The van der Waals surface area contributed by atoms with Crippen LogP contribution in [0.15, 0.2) is 42.5 Å². The fourth-order valence-corrected chi connectivity index (χ4v) is 2.95. The molecule has 1 heterocycles. The average Bonchev–Trinajstić information content (AvgIpc) is 2.55. The summed E-state index contributed by atoms with van der Waals surface area (Å²) >= 11 is 6.25. The van der Waals surface area contributed by atoms with E-state index in [4.69, 9.17) is 16.3 Å². The highest BCUT2D eigenvalue weighted by atomic mass is 35.5. The number of hydrogen-bond acceptors (Lipinski definition) is 3. The first kappa shape index (κ1) is 16.3. The quantitative estimate of drug-likeness (QED) is 0.699. The predicted molar refractivity (Wildman–Crippen MR) is 97.2 cm³/mol. The lowest BCUT2D eigenvalue weighted by Gasteiger charge is -2.12. The molecule has 0 saturated heterocycles. The van der Waals surface area contributed by atoms with Gasteiger partial charge in [0, 0.05) is 5.39 Å². The van der Waals surface area contributed by atoms with Crippen molar-refractivity contribution in [2.24, 2.45) is 0 Å². The Morgan fingerprint density at radius 3 is 2.67 bits per heavy atom. The molecule has 5 heteroatoms. The van der Waals surface area contributed by atoms with E-state index in [1.165, 1.54) is 0 Å². The Morgan fingerprint density at radius 1 is 1.17 bits per heavy atom. The fraction of sp³-hybridized carbons (Fsp3) is 0.158. The summed E-state index contributed by atoms with van der Waals surface area (Å²) in [5, 5.41) is 3.90. The SMILES string of the molecule is COc1ccccc1NC(=O)c1cc2cc(C)cc(C)c2nc1Cl. The van der Waals surface area contributed by atoms with Gasteiger partial charge in [-0.25, -0.2) is 4.98 Å². The minimum Gasteiger partial charge on any atom is -0.495 e. The summed E-state index contributed by atoms with van der Waals surface area (Å²) < 4.78 is 5.25. The van der Waals surface area contributed by atoms with Crippen molar-refractivity contribution < 1.29 is 9.53 Å². The molecule has 2 aromatic carbocycles. The molecule has 0 aliphatic carbocycles. The average molecular weight is 341 g/mol. The van der Waals surface area contributed by atoms with E-state index in [1.54, 1.807) is 25.3 Å². The molecule has 0 spiro atoms. The molecule has 0 aliphatic heterocycles. The van der Waals surface area contributed by atoms with Crippen LogP contribution in [-0.4, -0.2) is 18.0 Å². The minimum atomic E-state index is -0.321. The third-order valence-electron chi connectivity index (χ3n) is 3.81. The van der Waals surface area contributed by atoms with Crippen LogP contribution in [-0.2, 0) is 0 Å². The molecule has 122 valence electrons. The highest BCUT2D eigenvalue weighted by molar-refractivity contribution is 6.34. The largest absolute Gasteiger partial charge is 0.495 e. The van der Waals surface area contributed by atoms with Gasteiger partial charge >= 0.3 is 0 Å². The van der Waals surface area contributed by atoms with Crippen LogP contribution in [0.4, 0.5) is 5.69 Å². The fourth-order valence-electron chi connectivity index (χ4n) is 2.73. The maximum atomic E-state index is 12.6. The highest BCUT2D eigenvalue weighted by Gasteiger charge is 2.16. The maximum Gasteiger partial charge on any atom is 0.258 e. The molecule has 0 atom stereocenters. The minimum absolute atomic E-state index is 0.182. The van der Waals surface area contributed by atoms with E-state index in [9.17, 15) is 4.79 Å². The van der Waals surface area contributed by atoms with Gasteiger partial charge in [-0.05, 0) is 43.7 Å². The Hall–Kier alpha value is -2.59. The van der Waals surface area contributed by atoms with Crippen molar-refractivity contribution in [1.82, 2.24) is 4.98 Å².